The highest BCUT2D eigenvalue weighted by molar-refractivity contribution is 6.01. The maximum Gasteiger partial charge on any atom is 0.340 e. The number of esters is 1. The fourth-order valence-electron chi connectivity index (χ4n) is 2.57. The zero-order valence-electron chi connectivity index (χ0n) is 13.5. The summed E-state index contributed by atoms with van der Waals surface area (Å²) < 4.78 is 10.8. The highest BCUT2D eigenvalue weighted by Crippen LogP contribution is 2.36. The molecule has 0 saturated carbocycles. The van der Waals surface area contributed by atoms with Gasteiger partial charge in [-0.2, -0.15) is 0 Å². The first kappa shape index (κ1) is 16.4. The van der Waals surface area contributed by atoms with Crippen molar-refractivity contribution in [3.63, 3.8) is 0 Å². The molecule has 0 radical (unpaired) electrons. The van der Waals surface area contributed by atoms with Gasteiger partial charge in [-0.15, -0.1) is 0 Å². The molecule has 0 N–H and O–H groups in total. The van der Waals surface area contributed by atoms with E-state index in [0.29, 0.717) is 11.3 Å². The van der Waals surface area contributed by atoms with E-state index in [1.54, 1.807) is 6.92 Å². The van der Waals surface area contributed by atoms with Crippen molar-refractivity contribution in [3.8, 4) is 11.1 Å². The average molecular weight is 333 g/mol. The van der Waals surface area contributed by atoms with E-state index >= 15 is 0 Å². The maximum atomic E-state index is 12.0. The van der Waals surface area contributed by atoms with Gasteiger partial charge in [-0.05, 0) is 30.2 Å². The van der Waals surface area contributed by atoms with E-state index in [2.05, 4.69) is 10.0 Å². The summed E-state index contributed by atoms with van der Waals surface area (Å²) in [4.78, 5) is 14.7. The zero-order valence-corrected chi connectivity index (χ0v) is 13.5. The van der Waals surface area contributed by atoms with E-state index in [9.17, 15) is 4.79 Å². The van der Waals surface area contributed by atoms with Gasteiger partial charge in [0.05, 0.1) is 6.61 Å². The lowest BCUT2D eigenvalue weighted by Gasteiger charge is -2.03. The van der Waals surface area contributed by atoms with Gasteiger partial charge in [0.15, 0.2) is 0 Å². The summed E-state index contributed by atoms with van der Waals surface area (Å²) in [7, 11) is 0. The second kappa shape index (κ2) is 7.38. The third-order valence-electron chi connectivity index (χ3n) is 3.59. The van der Waals surface area contributed by atoms with Crippen LogP contribution in [0.25, 0.3) is 38.6 Å². The van der Waals surface area contributed by atoms with Crippen LogP contribution in [-0.4, -0.2) is 12.6 Å². The minimum Gasteiger partial charge on any atom is -0.462 e. The standard InChI is InChI=1S/C19H15N3O3/c1-2-24-19(23)15(21-22-20)12-17-18(13-8-4-3-5-9-13)14-10-6-7-11-16(14)25-17/h3-12H,2H2,1H3. The van der Waals surface area contributed by atoms with Gasteiger partial charge in [-0.25, -0.2) is 4.79 Å². The first-order chi connectivity index (χ1) is 12.2. The predicted molar refractivity (Wildman–Crippen MR) is 95.4 cm³/mol. The summed E-state index contributed by atoms with van der Waals surface area (Å²) >= 11 is 0. The van der Waals surface area contributed by atoms with Gasteiger partial charge in [-0.3, -0.25) is 0 Å². The van der Waals surface area contributed by atoms with Crippen LogP contribution in [0.5, 0.6) is 0 Å². The number of hydrogen-bond acceptors (Lipinski definition) is 4. The van der Waals surface area contributed by atoms with Crippen molar-refractivity contribution in [2.75, 3.05) is 6.61 Å². The quantitative estimate of drug-likeness (QED) is 0.208. The topological polar surface area (TPSA) is 88.2 Å². The normalized spacial score (nSPS) is 11.2. The Morgan fingerprint density at radius 3 is 2.64 bits per heavy atom. The molecule has 25 heavy (non-hydrogen) atoms. The molecule has 0 spiro atoms. The molecule has 0 bridgehead atoms. The van der Waals surface area contributed by atoms with E-state index < -0.39 is 5.97 Å². The lowest BCUT2D eigenvalue weighted by atomic mass is 10.0. The average Bonchev–Trinajstić information content (AvgIpc) is 3.00. The number of fused-ring (bicyclic) bond motifs is 1. The molecule has 0 aliphatic carbocycles. The number of para-hydroxylation sites is 1. The fraction of sp³-hybridized carbons (Fsp3) is 0.105. The van der Waals surface area contributed by atoms with Gasteiger partial charge in [0.25, 0.3) is 0 Å². The number of benzene rings is 2. The maximum absolute atomic E-state index is 12.0. The number of furan rings is 1. The van der Waals surface area contributed by atoms with E-state index in [4.69, 9.17) is 14.7 Å². The van der Waals surface area contributed by atoms with Crippen molar-refractivity contribution in [1.29, 1.82) is 0 Å². The predicted octanol–water partition coefficient (Wildman–Crippen LogP) is 5.31. The third-order valence-corrected chi connectivity index (χ3v) is 3.59. The second-order valence-electron chi connectivity index (χ2n) is 5.14. The number of rotatable bonds is 5. The number of carbonyl (C=O) groups excluding carboxylic acids is 1. The van der Waals surface area contributed by atoms with Gasteiger partial charge in [0.1, 0.15) is 17.0 Å². The molecule has 0 unspecified atom stereocenters. The largest absolute Gasteiger partial charge is 0.462 e. The molecule has 0 aliphatic rings. The number of hydrogen-bond donors (Lipinski definition) is 0. The molecule has 0 amide bonds. The van der Waals surface area contributed by atoms with Crippen molar-refractivity contribution < 1.29 is 13.9 Å². The fourth-order valence-corrected chi connectivity index (χ4v) is 2.57. The summed E-state index contributed by atoms with van der Waals surface area (Å²) in [5.41, 5.74) is 11.0. The molecule has 0 fully saturated rings. The minimum absolute atomic E-state index is 0.152. The molecule has 1 heterocycles. The van der Waals surface area contributed by atoms with Gasteiger partial charge in [0, 0.05) is 15.9 Å². The summed E-state index contributed by atoms with van der Waals surface area (Å²) in [6.07, 6.45) is 1.42. The van der Waals surface area contributed by atoms with Crippen LogP contribution in [0.4, 0.5) is 0 Å². The SMILES string of the molecule is CCOC(=O)C(=Cc1oc2ccccc2c1-c1ccccc1)N=[N+]=[N-]. The van der Waals surface area contributed by atoms with Crippen LogP contribution in [0.2, 0.25) is 0 Å². The molecule has 6 nitrogen and oxygen atoms in total. The molecule has 0 atom stereocenters. The number of carbonyl (C=O) groups is 1. The number of ether oxygens (including phenoxy) is 1. The van der Waals surface area contributed by atoms with E-state index in [1.165, 1.54) is 6.08 Å². The molecule has 124 valence electrons. The first-order valence-corrected chi connectivity index (χ1v) is 7.75. The van der Waals surface area contributed by atoms with Gasteiger partial charge < -0.3 is 9.15 Å². The Bertz CT molecular complexity index is 984. The smallest absolute Gasteiger partial charge is 0.340 e. The van der Waals surface area contributed by atoms with E-state index in [-0.39, 0.29) is 12.3 Å². The van der Waals surface area contributed by atoms with Crippen LogP contribution in [0.15, 0.2) is 69.8 Å². The monoisotopic (exact) mass is 333 g/mol. The van der Waals surface area contributed by atoms with Crippen molar-refractivity contribution in [1.82, 2.24) is 0 Å². The van der Waals surface area contributed by atoms with Gasteiger partial charge in [-0.1, -0.05) is 53.6 Å². The Morgan fingerprint density at radius 2 is 1.92 bits per heavy atom. The number of azide groups is 1. The van der Waals surface area contributed by atoms with E-state index in [0.717, 1.165) is 16.5 Å². The molecule has 0 saturated heterocycles. The van der Waals surface area contributed by atoms with Crippen LogP contribution >= 0.6 is 0 Å². The lowest BCUT2D eigenvalue weighted by molar-refractivity contribution is -0.138. The Morgan fingerprint density at radius 1 is 1.20 bits per heavy atom. The highest BCUT2D eigenvalue weighted by atomic mass is 16.5. The summed E-state index contributed by atoms with van der Waals surface area (Å²) in [6.45, 7) is 1.87. The minimum atomic E-state index is -0.695. The third kappa shape index (κ3) is 3.39. The molecule has 3 aromatic rings. The van der Waals surface area contributed by atoms with Crippen LogP contribution < -0.4 is 0 Å². The van der Waals surface area contributed by atoms with Crippen LogP contribution in [0.1, 0.15) is 12.7 Å². The van der Waals surface area contributed by atoms with Crippen molar-refractivity contribution in [3.05, 3.63) is 76.5 Å². The first-order valence-electron chi connectivity index (χ1n) is 7.75. The Labute approximate surface area is 144 Å². The van der Waals surface area contributed by atoms with Gasteiger partial charge >= 0.3 is 5.97 Å². The molecule has 0 aliphatic heterocycles. The summed E-state index contributed by atoms with van der Waals surface area (Å²) in [6, 6.07) is 17.2. The van der Waals surface area contributed by atoms with Gasteiger partial charge in [0.2, 0.25) is 0 Å². The van der Waals surface area contributed by atoms with Crippen LogP contribution in [-0.2, 0) is 9.53 Å². The molecule has 3 rings (SSSR count). The van der Waals surface area contributed by atoms with Crippen LogP contribution in [0.3, 0.4) is 0 Å². The molecule has 1 aromatic heterocycles. The Kier molecular flexibility index (Phi) is 4.83. The highest BCUT2D eigenvalue weighted by Gasteiger charge is 2.17. The van der Waals surface area contributed by atoms with Crippen LogP contribution in [0, 0.1) is 0 Å². The van der Waals surface area contributed by atoms with Crippen molar-refractivity contribution in [2.45, 2.75) is 6.92 Å². The lowest BCUT2D eigenvalue weighted by Crippen LogP contribution is -2.05. The zero-order chi connectivity index (χ0) is 17.6. The molecular formula is C19H15N3O3. The molecule has 6 heteroatoms. The summed E-state index contributed by atoms with van der Waals surface area (Å²) in [5.74, 6) is -0.261. The van der Waals surface area contributed by atoms with Crippen molar-refractivity contribution in [2.24, 2.45) is 5.11 Å². The Balaban J connectivity index is 2.23. The summed E-state index contributed by atoms with van der Waals surface area (Å²) in [5, 5.41) is 4.36. The second-order valence-corrected chi connectivity index (χ2v) is 5.14. The Hall–Kier alpha value is -3.50. The molecular weight excluding hydrogens is 318 g/mol. The molecule has 2 aromatic carbocycles. The number of nitrogens with zero attached hydrogens (tertiary/aromatic N) is 3. The van der Waals surface area contributed by atoms with Crippen molar-refractivity contribution >= 4 is 23.0 Å². The van der Waals surface area contributed by atoms with E-state index in [1.807, 2.05) is 54.6 Å².